The van der Waals surface area contributed by atoms with Gasteiger partial charge < -0.3 is 4.90 Å². The van der Waals surface area contributed by atoms with Crippen LogP contribution in [0.5, 0.6) is 0 Å². The first-order valence-electron chi connectivity index (χ1n) is 8.60. The summed E-state index contributed by atoms with van der Waals surface area (Å²) in [7, 11) is -3.15. The number of carbonyl (C=O) groups excluding carboxylic acids is 1. The van der Waals surface area contributed by atoms with Crippen LogP contribution in [0.1, 0.15) is 5.56 Å². The van der Waals surface area contributed by atoms with Crippen LogP contribution in [0.25, 0.3) is 0 Å². The average Bonchev–Trinajstić information content (AvgIpc) is 3.09. The van der Waals surface area contributed by atoms with Crippen LogP contribution in [0, 0.1) is 0 Å². The van der Waals surface area contributed by atoms with Gasteiger partial charge in [0, 0.05) is 5.25 Å². The van der Waals surface area contributed by atoms with Gasteiger partial charge in [-0.25, -0.2) is 8.42 Å². The van der Waals surface area contributed by atoms with Gasteiger partial charge in [-0.05, 0) is 17.7 Å². The van der Waals surface area contributed by atoms with E-state index in [1.165, 1.54) is 11.8 Å². The van der Waals surface area contributed by atoms with E-state index in [1.807, 2.05) is 30.3 Å². The second-order valence-corrected chi connectivity index (χ2v) is 10.8. The molecule has 0 bridgehead atoms. The van der Waals surface area contributed by atoms with Crippen LogP contribution in [0.4, 0.5) is 5.69 Å². The molecule has 2 saturated heterocycles. The second kappa shape index (κ2) is 7.71. The number of benzene rings is 2. The summed E-state index contributed by atoms with van der Waals surface area (Å²) in [4.78, 5) is 18.6. The molecule has 0 N–H and O–H groups in total. The predicted octanol–water partition coefficient (Wildman–Crippen LogP) is 3.84. The molecular weight excluding hydrogens is 439 g/mol. The highest BCUT2D eigenvalue weighted by Gasteiger charge is 2.49. The first-order valence-corrected chi connectivity index (χ1v) is 12.1. The largest absolute Gasteiger partial charge is 0.314 e. The van der Waals surface area contributed by atoms with Crippen LogP contribution in [-0.4, -0.2) is 42.3 Å². The molecule has 0 spiro atoms. The Kier molecular flexibility index (Phi) is 5.44. The van der Waals surface area contributed by atoms with Gasteiger partial charge >= 0.3 is 0 Å². The number of aliphatic imine (C=N–C) groups is 1. The lowest BCUT2D eigenvalue weighted by Crippen LogP contribution is -2.38. The minimum Gasteiger partial charge on any atom is -0.314 e. The van der Waals surface area contributed by atoms with Gasteiger partial charge in [-0.15, -0.1) is 0 Å². The molecule has 2 atom stereocenters. The van der Waals surface area contributed by atoms with Crippen LogP contribution in [0.3, 0.4) is 0 Å². The van der Waals surface area contributed by atoms with Gasteiger partial charge in [-0.3, -0.25) is 4.79 Å². The molecule has 2 aliphatic rings. The highest BCUT2D eigenvalue weighted by atomic mass is 35.5. The number of amidine groups is 1. The van der Waals surface area contributed by atoms with Crippen LogP contribution in [-0.2, 0) is 21.1 Å². The maximum atomic E-state index is 12.5. The van der Waals surface area contributed by atoms with E-state index in [4.69, 9.17) is 23.2 Å². The Morgan fingerprint density at radius 2 is 1.86 bits per heavy atom. The Labute approximate surface area is 177 Å². The normalized spacial score (nSPS) is 24.5. The van der Waals surface area contributed by atoms with Crippen molar-refractivity contribution < 1.29 is 13.2 Å². The predicted molar refractivity (Wildman–Crippen MR) is 115 cm³/mol. The Morgan fingerprint density at radius 3 is 2.61 bits per heavy atom. The van der Waals surface area contributed by atoms with E-state index in [0.29, 0.717) is 20.9 Å². The number of nitrogens with zero attached hydrogens (tertiary/aromatic N) is 2. The van der Waals surface area contributed by atoms with Crippen LogP contribution >= 0.6 is 35.0 Å². The first-order chi connectivity index (χ1) is 13.3. The summed E-state index contributed by atoms with van der Waals surface area (Å²) >= 11 is 13.9. The van der Waals surface area contributed by atoms with E-state index in [0.717, 1.165) is 5.56 Å². The topological polar surface area (TPSA) is 66.8 Å². The zero-order chi connectivity index (χ0) is 19.9. The number of thioether (sulfide) groups is 1. The van der Waals surface area contributed by atoms with E-state index in [9.17, 15) is 13.2 Å². The molecule has 146 valence electrons. The van der Waals surface area contributed by atoms with Crippen molar-refractivity contribution in [3.63, 3.8) is 0 Å². The monoisotopic (exact) mass is 454 g/mol. The van der Waals surface area contributed by atoms with Crippen LogP contribution in [0.2, 0.25) is 10.0 Å². The number of sulfone groups is 1. The first kappa shape index (κ1) is 19.8. The Balaban J connectivity index is 1.69. The smallest absolute Gasteiger partial charge is 0.252 e. The summed E-state index contributed by atoms with van der Waals surface area (Å²) < 4.78 is 24.3. The van der Waals surface area contributed by atoms with Gasteiger partial charge in [0.15, 0.2) is 15.0 Å². The SMILES string of the molecule is O=C(Cc1ccccc1)N=C1S[C@@H]2CS(=O)(=O)C[C@H]2N1c1cccc(Cl)c1Cl. The summed E-state index contributed by atoms with van der Waals surface area (Å²) in [5, 5.41) is 0.958. The number of amides is 1. The summed E-state index contributed by atoms with van der Waals surface area (Å²) in [6.45, 7) is 0. The number of fused-ring (bicyclic) bond motifs is 1. The maximum Gasteiger partial charge on any atom is 0.252 e. The lowest BCUT2D eigenvalue weighted by atomic mass is 10.1. The third kappa shape index (κ3) is 3.94. The summed E-state index contributed by atoms with van der Waals surface area (Å²) in [5.74, 6) is -0.234. The fraction of sp³-hybridized carbons (Fsp3) is 0.263. The van der Waals surface area contributed by atoms with Crippen molar-refractivity contribution in [1.29, 1.82) is 0 Å². The van der Waals surface area contributed by atoms with Crippen molar-refractivity contribution in [2.45, 2.75) is 17.7 Å². The molecule has 1 amide bonds. The molecule has 5 nitrogen and oxygen atoms in total. The molecule has 28 heavy (non-hydrogen) atoms. The molecular formula is C19H16Cl2N2O3S2. The fourth-order valence-corrected chi connectivity index (χ4v) is 7.75. The highest BCUT2D eigenvalue weighted by Crippen LogP contribution is 2.44. The van der Waals surface area contributed by atoms with Crippen molar-refractivity contribution in [2.24, 2.45) is 4.99 Å². The van der Waals surface area contributed by atoms with Crippen LogP contribution in [0.15, 0.2) is 53.5 Å². The molecule has 0 aliphatic carbocycles. The molecule has 2 aromatic rings. The second-order valence-electron chi connectivity index (χ2n) is 6.69. The van der Waals surface area contributed by atoms with E-state index in [2.05, 4.69) is 4.99 Å². The molecule has 0 aromatic heterocycles. The molecule has 4 rings (SSSR count). The number of halogens is 2. The van der Waals surface area contributed by atoms with Crippen molar-refractivity contribution >= 4 is 61.6 Å². The fourth-order valence-electron chi connectivity index (χ4n) is 3.44. The van der Waals surface area contributed by atoms with Crippen molar-refractivity contribution in [2.75, 3.05) is 16.4 Å². The van der Waals surface area contributed by atoms with Gasteiger partial charge in [-0.2, -0.15) is 4.99 Å². The molecule has 0 unspecified atom stereocenters. The molecule has 9 heteroatoms. The maximum absolute atomic E-state index is 12.5. The third-order valence-electron chi connectivity index (χ3n) is 4.68. The Morgan fingerprint density at radius 1 is 1.11 bits per heavy atom. The van der Waals surface area contributed by atoms with Crippen molar-refractivity contribution in [1.82, 2.24) is 0 Å². The van der Waals surface area contributed by atoms with Gasteiger partial charge in [0.1, 0.15) is 0 Å². The zero-order valence-corrected chi connectivity index (χ0v) is 17.7. The number of anilines is 1. The lowest BCUT2D eigenvalue weighted by molar-refractivity contribution is -0.117. The Bertz CT molecular complexity index is 1060. The standard InChI is InChI=1S/C19H16Cl2N2O3S2/c20-13-7-4-8-14(18(13)21)23-15-10-28(25,26)11-16(15)27-19(23)22-17(24)9-12-5-2-1-3-6-12/h1-8,15-16H,9-11H2/t15-,16-/m1/s1. The quantitative estimate of drug-likeness (QED) is 0.704. The molecule has 0 radical (unpaired) electrons. The van der Waals surface area contributed by atoms with E-state index < -0.39 is 9.84 Å². The molecule has 2 aliphatic heterocycles. The number of hydrogen-bond donors (Lipinski definition) is 0. The third-order valence-corrected chi connectivity index (χ3v) is 8.69. The Hall–Kier alpha value is -1.54. The number of carbonyl (C=O) groups is 1. The highest BCUT2D eigenvalue weighted by molar-refractivity contribution is 8.16. The van der Waals surface area contributed by atoms with Crippen molar-refractivity contribution in [3.8, 4) is 0 Å². The number of rotatable bonds is 3. The zero-order valence-electron chi connectivity index (χ0n) is 14.6. The van der Waals surface area contributed by atoms with Crippen LogP contribution < -0.4 is 4.90 Å². The molecule has 0 saturated carbocycles. The van der Waals surface area contributed by atoms with E-state index >= 15 is 0 Å². The molecule has 2 aromatic carbocycles. The van der Waals surface area contributed by atoms with E-state index in [1.54, 1.807) is 23.1 Å². The van der Waals surface area contributed by atoms with Gasteiger partial charge in [-0.1, -0.05) is 71.4 Å². The van der Waals surface area contributed by atoms with E-state index in [-0.39, 0.29) is 35.1 Å². The minimum absolute atomic E-state index is 0.000591. The summed E-state index contributed by atoms with van der Waals surface area (Å²) in [5.41, 5.74) is 1.44. The van der Waals surface area contributed by atoms with Crippen molar-refractivity contribution in [3.05, 3.63) is 64.1 Å². The molecule has 2 fully saturated rings. The van der Waals surface area contributed by atoms with Gasteiger partial charge in [0.2, 0.25) is 0 Å². The number of hydrogen-bond acceptors (Lipinski definition) is 4. The lowest BCUT2D eigenvalue weighted by Gasteiger charge is -2.25. The van der Waals surface area contributed by atoms with Gasteiger partial charge in [0.25, 0.3) is 5.91 Å². The van der Waals surface area contributed by atoms with Gasteiger partial charge in [0.05, 0.1) is 39.7 Å². The summed E-state index contributed by atoms with van der Waals surface area (Å²) in [6.07, 6.45) is 0.176. The average molecular weight is 455 g/mol. The molecule has 2 heterocycles. The summed E-state index contributed by atoms with van der Waals surface area (Å²) in [6, 6.07) is 14.2. The minimum atomic E-state index is -3.15.